The molecule has 1 N–H and O–H groups in total. The summed E-state index contributed by atoms with van der Waals surface area (Å²) in [4.78, 5) is 16.4. The molecule has 2 saturated heterocycles. The second-order valence-electron chi connectivity index (χ2n) is 7.67. The number of aliphatic hydroxyl groups excluding tert-OH is 1. The maximum Gasteiger partial charge on any atom is 0.222 e. The van der Waals surface area contributed by atoms with Crippen molar-refractivity contribution in [2.45, 2.75) is 39.2 Å². The molecule has 1 spiro atoms. The Bertz CT molecular complexity index is 619. The maximum absolute atomic E-state index is 12.1. The largest absolute Gasteiger partial charge is 0.496 e. The molecule has 138 valence electrons. The lowest BCUT2D eigenvalue weighted by molar-refractivity contribution is -0.140. The van der Waals surface area contributed by atoms with Crippen molar-refractivity contribution in [1.82, 2.24) is 9.80 Å². The summed E-state index contributed by atoms with van der Waals surface area (Å²) >= 11 is 0. The average molecular weight is 346 g/mol. The molecule has 0 aliphatic carbocycles. The number of aryl methyl sites for hydroxylation is 1. The molecule has 0 bridgehead atoms. The van der Waals surface area contributed by atoms with Gasteiger partial charge >= 0.3 is 0 Å². The average Bonchev–Trinajstić information content (AvgIpc) is 2.60. The summed E-state index contributed by atoms with van der Waals surface area (Å²) in [5.41, 5.74) is 2.62. The number of rotatable bonds is 5. The summed E-state index contributed by atoms with van der Waals surface area (Å²) in [6.45, 7) is 6.37. The Labute approximate surface area is 150 Å². The summed E-state index contributed by atoms with van der Waals surface area (Å²) < 4.78 is 5.56. The van der Waals surface area contributed by atoms with Gasteiger partial charge in [0.2, 0.25) is 5.91 Å². The van der Waals surface area contributed by atoms with E-state index in [-0.39, 0.29) is 17.9 Å². The number of hydrogen-bond acceptors (Lipinski definition) is 4. The first-order chi connectivity index (χ1) is 12.0. The van der Waals surface area contributed by atoms with E-state index >= 15 is 0 Å². The molecule has 1 unspecified atom stereocenters. The van der Waals surface area contributed by atoms with Crippen molar-refractivity contribution in [3.63, 3.8) is 0 Å². The van der Waals surface area contributed by atoms with Crippen molar-refractivity contribution >= 4 is 5.91 Å². The second kappa shape index (κ2) is 7.75. The summed E-state index contributed by atoms with van der Waals surface area (Å²) in [6, 6.07) is 6.40. The van der Waals surface area contributed by atoms with Crippen LogP contribution in [0, 0.1) is 12.3 Å². The van der Waals surface area contributed by atoms with E-state index in [1.54, 1.807) is 7.11 Å². The molecular weight excluding hydrogens is 316 g/mol. The number of benzene rings is 1. The summed E-state index contributed by atoms with van der Waals surface area (Å²) in [5.74, 6) is 1.15. The van der Waals surface area contributed by atoms with Crippen LogP contribution >= 0.6 is 0 Å². The molecule has 2 aliphatic rings. The molecule has 0 saturated carbocycles. The lowest BCUT2D eigenvalue weighted by atomic mass is 9.73. The Morgan fingerprint density at radius 1 is 1.28 bits per heavy atom. The van der Waals surface area contributed by atoms with Crippen LogP contribution in [-0.2, 0) is 11.3 Å². The number of aliphatic hydroxyl groups is 1. The predicted molar refractivity (Wildman–Crippen MR) is 97.6 cm³/mol. The molecule has 1 amide bonds. The third-order valence-electron chi connectivity index (χ3n) is 5.70. The van der Waals surface area contributed by atoms with Crippen LogP contribution in [-0.4, -0.2) is 60.7 Å². The van der Waals surface area contributed by atoms with Gasteiger partial charge in [-0.05, 0) is 44.4 Å². The number of ether oxygens (including phenoxy) is 1. The van der Waals surface area contributed by atoms with Crippen molar-refractivity contribution in [2.75, 3.05) is 39.9 Å². The molecule has 5 nitrogen and oxygen atoms in total. The summed E-state index contributed by atoms with van der Waals surface area (Å²) in [5, 5.41) is 9.23. The molecule has 2 aliphatic heterocycles. The van der Waals surface area contributed by atoms with Gasteiger partial charge in [0.1, 0.15) is 5.75 Å². The van der Waals surface area contributed by atoms with Gasteiger partial charge in [-0.2, -0.15) is 0 Å². The topological polar surface area (TPSA) is 53.0 Å². The molecule has 2 heterocycles. The highest BCUT2D eigenvalue weighted by atomic mass is 16.5. The molecule has 0 aromatic heterocycles. The van der Waals surface area contributed by atoms with E-state index in [0.717, 1.165) is 44.8 Å². The van der Waals surface area contributed by atoms with Crippen LogP contribution < -0.4 is 4.74 Å². The summed E-state index contributed by atoms with van der Waals surface area (Å²) in [6.07, 6.45) is 3.91. The van der Waals surface area contributed by atoms with Crippen LogP contribution in [0.25, 0.3) is 0 Å². The molecule has 5 heteroatoms. The molecule has 1 aromatic carbocycles. The van der Waals surface area contributed by atoms with Gasteiger partial charge < -0.3 is 14.7 Å². The minimum atomic E-state index is 0.0477. The SMILES string of the molecule is COc1cc(C)ccc1CN1CCCC2(CCC(=O)N(CCO)C2)C1. The van der Waals surface area contributed by atoms with E-state index in [0.29, 0.717) is 13.0 Å². The predicted octanol–water partition coefficient (Wildman–Crippen LogP) is 2.20. The molecule has 0 radical (unpaired) electrons. The number of β-amino-alcohol motifs (C(OH)–C–C–N with tert-alkyl or cyclic N) is 1. The van der Waals surface area contributed by atoms with Crippen LogP contribution in [0.15, 0.2) is 18.2 Å². The van der Waals surface area contributed by atoms with Crippen LogP contribution in [0.2, 0.25) is 0 Å². The highest BCUT2D eigenvalue weighted by molar-refractivity contribution is 5.77. The third kappa shape index (κ3) is 4.15. The molecule has 1 aromatic rings. The Hall–Kier alpha value is -1.59. The van der Waals surface area contributed by atoms with E-state index in [1.165, 1.54) is 17.5 Å². The Morgan fingerprint density at radius 2 is 2.12 bits per heavy atom. The highest BCUT2D eigenvalue weighted by Crippen LogP contribution is 2.39. The minimum Gasteiger partial charge on any atom is -0.496 e. The third-order valence-corrected chi connectivity index (χ3v) is 5.70. The highest BCUT2D eigenvalue weighted by Gasteiger charge is 2.41. The van der Waals surface area contributed by atoms with Gasteiger partial charge in [0.15, 0.2) is 0 Å². The fourth-order valence-electron chi connectivity index (χ4n) is 4.43. The Balaban J connectivity index is 1.70. The van der Waals surface area contributed by atoms with Crippen LogP contribution in [0.4, 0.5) is 0 Å². The van der Waals surface area contributed by atoms with Crippen molar-refractivity contribution in [3.05, 3.63) is 29.3 Å². The molecule has 2 fully saturated rings. The van der Waals surface area contributed by atoms with Crippen molar-refractivity contribution in [3.8, 4) is 5.75 Å². The number of hydrogen-bond donors (Lipinski definition) is 1. The fourth-order valence-corrected chi connectivity index (χ4v) is 4.43. The lowest BCUT2D eigenvalue weighted by Crippen LogP contribution is -2.54. The molecule has 1 atom stereocenters. The number of likely N-dealkylation sites (tertiary alicyclic amines) is 2. The second-order valence-corrected chi connectivity index (χ2v) is 7.67. The first-order valence-corrected chi connectivity index (χ1v) is 9.30. The van der Waals surface area contributed by atoms with Gasteiger partial charge in [-0.15, -0.1) is 0 Å². The summed E-state index contributed by atoms with van der Waals surface area (Å²) in [7, 11) is 1.73. The molecular formula is C20H30N2O3. The smallest absolute Gasteiger partial charge is 0.222 e. The van der Waals surface area contributed by atoms with E-state index in [2.05, 4.69) is 30.0 Å². The Kier molecular flexibility index (Phi) is 5.64. The van der Waals surface area contributed by atoms with Crippen LogP contribution in [0.3, 0.4) is 0 Å². The van der Waals surface area contributed by atoms with Gasteiger partial charge in [-0.25, -0.2) is 0 Å². The van der Waals surface area contributed by atoms with E-state index in [1.807, 2.05) is 4.90 Å². The molecule has 3 rings (SSSR count). The van der Waals surface area contributed by atoms with E-state index in [9.17, 15) is 9.90 Å². The standard InChI is InChI=1S/C20H30N2O3/c1-16-4-5-17(18(12-16)25-2)13-21-9-3-7-20(14-21)8-6-19(24)22(15-20)10-11-23/h4-5,12,23H,3,6-11,13-15H2,1-2H3. The van der Waals surface area contributed by atoms with Gasteiger partial charge in [0.25, 0.3) is 0 Å². The zero-order chi connectivity index (χ0) is 17.9. The van der Waals surface area contributed by atoms with E-state index in [4.69, 9.17) is 4.74 Å². The van der Waals surface area contributed by atoms with Crippen molar-refractivity contribution in [1.29, 1.82) is 0 Å². The number of piperidine rings is 2. The maximum atomic E-state index is 12.1. The van der Waals surface area contributed by atoms with Crippen LogP contribution in [0.1, 0.15) is 36.8 Å². The van der Waals surface area contributed by atoms with E-state index < -0.39 is 0 Å². The van der Waals surface area contributed by atoms with Gasteiger partial charge in [-0.3, -0.25) is 9.69 Å². The van der Waals surface area contributed by atoms with Crippen LogP contribution in [0.5, 0.6) is 5.75 Å². The number of carbonyl (C=O) groups is 1. The van der Waals surface area contributed by atoms with Crippen molar-refractivity contribution in [2.24, 2.45) is 5.41 Å². The number of methoxy groups -OCH3 is 1. The quantitative estimate of drug-likeness (QED) is 0.888. The lowest BCUT2D eigenvalue weighted by Gasteiger charge is -2.48. The zero-order valence-corrected chi connectivity index (χ0v) is 15.5. The first kappa shape index (κ1) is 18.2. The normalized spacial score (nSPS) is 24.8. The van der Waals surface area contributed by atoms with Gasteiger partial charge in [0.05, 0.1) is 13.7 Å². The zero-order valence-electron chi connectivity index (χ0n) is 15.5. The fraction of sp³-hybridized carbons (Fsp3) is 0.650. The number of carbonyl (C=O) groups excluding carboxylic acids is 1. The number of nitrogens with zero attached hydrogens (tertiary/aromatic N) is 2. The Morgan fingerprint density at radius 3 is 2.88 bits per heavy atom. The minimum absolute atomic E-state index is 0.0477. The van der Waals surface area contributed by atoms with Gasteiger partial charge in [-0.1, -0.05) is 12.1 Å². The van der Waals surface area contributed by atoms with Gasteiger partial charge in [0, 0.05) is 43.6 Å². The van der Waals surface area contributed by atoms with Crippen molar-refractivity contribution < 1.29 is 14.6 Å². The molecule has 25 heavy (non-hydrogen) atoms. The first-order valence-electron chi connectivity index (χ1n) is 9.30. The number of amides is 1. The monoisotopic (exact) mass is 346 g/mol.